The van der Waals surface area contributed by atoms with E-state index in [9.17, 15) is 9.59 Å². The van der Waals surface area contributed by atoms with Crippen molar-refractivity contribution in [2.75, 3.05) is 0 Å². The lowest BCUT2D eigenvalue weighted by molar-refractivity contribution is -0.146. The van der Waals surface area contributed by atoms with Crippen molar-refractivity contribution < 1.29 is 13.9 Å². The Balaban J connectivity index is 1.92. The number of hydrogen-bond acceptors (Lipinski definition) is 4. The second kappa shape index (κ2) is 5.02. The summed E-state index contributed by atoms with van der Waals surface area (Å²) in [4.78, 5) is 23.4. The number of carbonyl (C=O) groups is 1. The van der Waals surface area contributed by atoms with Crippen LogP contribution in [-0.4, -0.2) is 5.97 Å². The minimum Gasteiger partial charge on any atom is -0.461 e. The standard InChI is InChI=1S/C17H18O4/c1-9-4-14-12(8-20-17(19)13-5-11(13)3)7-16(18)21-15(14)6-10(9)2/h4,6-7,11,13H,5,8H2,1-3H3/t11-,13+/m1/s1. The Hall–Kier alpha value is -2.10. The number of esters is 1. The van der Waals surface area contributed by atoms with Crippen molar-refractivity contribution in [2.45, 2.75) is 33.8 Å². The fourth-order valence-corrected chi connectivity index (χ4v) is 2.51. The van der Waals surface area contributed by atoms with E-state index in [0.29, 0.717) is 17.1 Å². The molecule has 4 heteroatoms. The second-order valence-corrected chi connectivity index (χ2v) is 5.95. The first-order chi connectivity index (χ1) is 9.95. The van der Waals surface area contributed by atoms with Gasteiger partial charge < -0.3 is 9.15 Å². The summed E-state index contributed by atoms with van der Waals surface area (Å²) in [7, 11) is 0. The number of carbonyl (C=O) groups excluding carboxylic acids is 1. The van der Waals surface area contributed by atoms with Crippen LogP contribution >= 0.6 is 0 Å². The molecule has 4 nitrogen and oxygen atoms in total. The monoisotopic (exact) mass is 286 g/mol. The molecule has 110 valence electrons. The van der Waals surface area contributed by atoms with Crippen LogP contribution in [0.2, 0.25) is 0 Å². The van der Waals surface area contributed by atoms with Crippen LogP contribution in [0.25, 0.3) is 11.0 Å². The van der Waals surface area contributed by atoms with Crippen molar-refractivity contribution in [2.24, 2.45) is 11.8 Å². The smallest absolute Gasteiger partial charge is 0.336 e. The fraction of sp³-hybridized carbons (Fsp3) is 0.412. The first-order valence-corrected chi connectivity index (χ1v) is 7.16. The van der Waals surface area contributed by atoms with E-state index in [1.165, 1.54) is 6.07 Å². The SMILES string of the molecule is Cc1cc2oc(=O)cc(COC(=O)[C@H]3C[C@H]3C)c2cc1C. The first kappa shape index (κ1) is 13.9. The maximum atomic E-state index is 11.8. The van der Waals surface area contributed by atoms with E-state index in [-0.39, 0.29) is 18.5 Å². The molecular weight excluding hydrogens is 268 g/mol. The van der Waals surface area contributed by atoms with Gasteiger partial charge in [0.1, 0.15) is 12.2 Å². The number of benzene rings is 1. The summed E-state index contributed by atoms with van der Waals surface area (Å²) in [5.41, 5.74) is 2.99. The fourth-order valence-electron chi connectivity index (χ4n) is 2.51. The zero-order chi connectivity index (χ0) is 15.1. The highest BCUT2D eigenvalue weighted by molar-refractivity contribution is 5.82. The Morgan fingerprint density at radius 3 is 2.62 bits per heavy atom. The minimum atomic E-state index is -0.420. The summed E-state index contributed by atoms with van der Waals surface area (Å²) in [6, 6.07) is 5.22. The number of ether oxygens (including phenoxy) is 1. The second-order valence-electron chi connectivity index (χ2n) is 5.95. The van der Waals surface area contributed by atoms with E-state index < -0.39 is 5.63 Å². The summed E-state index contributed by atoms with van der Waals surface area (Å²) in [5, 5.41) is 0.828. The lowest BCUT2D eigenvalue weighted by atomic mass is 10.0. The van der Waals surface area contributed by atoms with Gasteiger partial charge in [-0.2, -0.15) is 0 Å². The number of fused-ring (bicyclic) bond motifs is 1. The molecule has 1 saturated carbocycles. The highest BCUT2D eigenvalue weighted by Gasteiger charge is 2.40. The third-order valence-electron chi connectivity index (χ3n) is 4.23. The zero-order valence-electron chi connectivity index (χ0n) is 12.4. The van der Waals surface area contributed by atoms with Gasteiger partial charge >= 0.3 is 11.6 Å². The quantitative estimate of drug-likeness (QED) is 0.642. The maximum absolute atomic E-state index is 11.8. The van der Waals surface area contributed by atoms with Crippen molar-refractivity contribution >= 4 is 16.9 Å². The Morgan fingerprint density at radius 1 is 1.29 bits per heavy atom. The Bertz CT molecular complexity index is 772. The molecule has 21 heavy (non-hydrogen) atoms. The van der Waals surface area contributed by atoms with Gasteiger partial charge in [-0.25, -0.2) is 4.79 Å². The Morgan fingerprint density at radius 2 is 1.95 bits per heavy atom. The number of aryl methyl sites for hydroxylation is 2. The molecule has 2 aromatic rings. The van der Waals surface area contributed by atoms with Crippen LogP contribution in [0.15, 0.2) is 27.4 Å². The molecule has 0 aliphatic heterocycles. The van der Waals surface area contributed by atoms with E-state index in [2.05, 4.69) is 0 Å². The van der Waals surface area contributed by atoms with Crippen LogP contribution in [0.1, 0.15) is 30.0 Å². The van der Waals surface area contributed by atoms with Crippen molar-refractivity contribution in [3.63, 3.8) is 0 Å². The van der Waals surface area contributed by atoms with E-state index in [4.69, 9.17) is 9.15 Å². The summed E-state index contributed by atoms with van der Waals surface area (Å²) >= 11 is 0. The number of rotatable bonds is 3. The molecule has 0 amide bonds. The lowest BCUT2D eigenvalue weighted by Crippen LogP contribution is -2.09. The molecule has 0 bridgehead atoms. The van der Waals surface area contributed by atoms with Gasteiger partial charge in [0.2, 0.25) is 0 Å². The molecule has 1 fully saturated rings. The van der Waals surface area contributed by atoms with Crippen molar-refractivity contribution in [3.8, 4) is 0 Å². The van der Waals surface area contributed by atoms with Crippen molar-refractivity contribution in [1.29, 1.82) is 0 Å². The molecular formula is C17H18O4. The van der Waals surface area contributed by atoms with E-state index in [0.717, 1.165) is 22.9 Å². The largest absolute Gasteiger partial charge is 0.461 e. The highest BCUT2D eigenvalue weighted by Crippen LogP contribution is 2.38. The molecule has 1 aliphatic carbocycles. The van der Waals surface area contributed by atoms with Crippen LogP contribution < -0.4 is 5.63 Å². The van der Waals surface area contributed by atoms with Crippen LogP contribution in [0.5, 0.6) is 0 Å². The molecule has 1 heterocycles. The van der Waals surface area contributed by atoms with E-state index in [1.54, 1.807) is 0 Å². The third kappa shape index (κ3) is 2.71. The first-order valence-electron chi connectivity index (χ1n) is 7.16. The van der Waals surface area contributed by atoms with E-state index in [1.807, 2.05) is 32.9 Å². The maximum Gasteiger partial charge on any atom is 0.336 e. The number of hydrogen-bond donors (Lipinski definition) is 0. The normalized spacial score (nSPS) is 20.5. The Labute approximate surface area is 122 Å². The van der Waals surface area contributed by atoms with E-state index >= 15 is 0 Å². The van der Waals surface area contributed by atoms with Gasteiger partial charge in [-0.3, -0.25) is 4.79 Å². The zero-order valence-corrected chi connectivity index (χ0v) is 12.4. The molecule has 3 rings (SSSR count). The van der Waals surface area contributed by atoms with Crippen molar-refractivity contribution in [1.82, 2.24) is 0 Å². The molecule has 1 aliphatic rings. The van der Waals surface area contributed by atoms with Crippen molar-refractivity contribution in [3.05, 3.63) is 45.3 Å². The predicted octanol–water partition coefficient (Wildman–Crippen LogP) is 3.11. The predicted molar refractivity (Wildman–Crippen MR) is 79.0 cm³/mol. The lowest BCUT2D eigenvalue weighted by Gasteiger charge is -2.09. The summed E-state index contributed by atoms with van der Waals surface area (Å²) < 4.78 is 10.6. The molecule has 0 radical (unpaired) electrons. The van der Waals surface area contributed by atoms with Crippen LogP contribution in [0, 0.1) is 25.7 Å². The summed E-state index contributed by atoms with van der Waals surface area (Å²) in [6.45, 7) is 6.12. The summed E-state index contributed by atoms with van der Waals surface area (Å²) in [5.74, 6) is 0.271. The molecule has 0 N–H and O–H groups in total. The van der Waals surface area contributed by atoms with Gasteiger partial charge in [-0.1, -0.05) is 6.92 Å². The van der Waals surface area contributed by atoms with Gasteiger partial charge in [0.05, 0.1) is 5.92 Å². The molecule has 0 saturated heterocycles. The van der Waals surface area contributed by atoms with Crippen LogP contribution in [-0.2, 0) is 16.1 Å². The van der Waals surface area contributed by atoms with Gasteiger partial charge in [-0.15, -0.1) is 0 Å². The Kier molecular flexibility index (Phi) is 3.32. The highest BCUT2D eigenvalue weighted by atomic mass is 16.5. The van der Waals surface area contributed by atoms with Gasteiger partial charge in [0, 0.05) is 17.0 Å². The molecule has 2 atom stereocenters. The molecule has 0 unspecified atom stereocenters. The molecule has 0 spiro atoms. The van der Waals surface area contributed by atoms with Crippen LogP contribution in [0.3, 0.4) is 0 Å². The van der Waals surface area contributed by atoms with Crippen LogP contribution in [0.4, 0.5) is 0 Å². The third-order valence-corrected chi connectivity index (χ3v) is 4.23. The average Bonchev–Trinajstić information content (AvgIpc) is 3.15. The van der Waals surface area contributed by atoms with Gasteiger partial charge in [-0.05, 0) is 49.4 Å². The van der Waals surface area contributed by atoms with Gasteiger partial charge in [0.15, 0.2) is 0 Å². The summed E-state index contributed by atoms with van der Waals surface area (Å²) in [6.07, 6.45) is 0.898. The topological polar surface area (TPSA) is 56.5 Å². The average molecular weight is 286 g/mol. The molecule has 1 aromatic heterocycles. The molecule has 1 aromatic carbocycles. The minimum absolute atomic E-state index is 0.0281. The van der Waals surface area contributed by atoms with Gasteiger partial charge in [0.25, 0.3) is 0 Å².